The Balaban J connectivity index is 1.70. The van der Waals surface area contributed by atoms with E-state index in [4.69, 9.17) is 0 Å². The van der Waals surface area contributed by atoms with Gasteiger partial charge in [0.1, 0.15) is 0 Å². The molecule has 0 unspecified atom stereocenters. The number of anilines is 2. The van der Waals surface area contributed by atoms with Gasteiger partial charge in [-0.15, -0.1) is 11.8 Å². The number of fused-ring (bicyclic) bond motifs is 1. The van der Waals surface area contributed by atoms with Gasteiger partial charge in [-0.1, -0.05) is 18.2 Å². The number of hydrogen-bond acceptors (Lipinski definition) is 3. The van der Waals surface area contributed by atoms with Gasteiger partial charge in [-0.2, -0.15) is 0 Å². The molecule has 22 heavy (non-hydrogen) atoms. The minimum Gasteiger partial charge on any atom is -0.360 e. The molecule has 4 heteroatoms. The summed E-state index contributed by atoms with van der Waals surface area (Å²) in [5, 5.41) is 3.01. The molecule has 0 saturated carbocycles. The van der Waals surface area contributed by atoms with Crippen molar-refractivity contribution in [2.75, 3.05) is 29.1 Å². The second-order valence-electron chi connectivity index (χ2n) is 5.66. The maximum absolute atomic E-state index is 12.4. The highest BCUT2D eigenvalue weighted by Crippen LogP contribution is 2.34. The Morgan fingerprint density at radius 3 is 2.68 bits per heavy atom. The molecular formula is C18H20N2OS. The second kappa shape index (κ2) is 6.44. The van der Waals surface area contributed by atoms with E-state index in [0.29, 0.717) is 6.54 Å². The lowest BCUT2D eigenvalue weighted by molar-refractivity contribution is -0.115. The van der Waals surface area contributed by atoms with Crippen LogP contribution in [0.4, 0.5) is 11.4 Å². The summed E-state index contributed by atoms with van der Waals surface area (Å²) in [5.74, 6) is 1.06. The fourth-order valence-corrected chi connectivity index (χ4v) is 3.86. The highest BCUT2D eigenvalue weighted by molar-refractivity contribution is 7.99. The molecule has 3 nitrogen and oxygen atoms in total. The van der Waals surface area contributed by atoms with Gasteiger partial charge < -0.3 is 10.2 Å². The minimum atomic E-state index is 0.0340. The summed E-state index contributed by atoms with van der Waals surface area (Å²) in [5.41, 5.74) is 4.36. The molecule has 1 aliphatic heterocycles. The van der Waals surface area contributed by atoms with Crippen LogP contribution < -0.4 is 10.2 Å². The number of thioether (sulfide) groups is 1. The Morgan fingerprint density at radius 1 is 1.18 bits per heavy atom. The van der Waals surface area contributed by atoms with Gasteiger partial charge in [0.05, 0.1) is 12.2 Å². The van der Waals surface area contributed by atoms with Gasteiger partial charge in [-0.25, -0.2) is 0 Å². The molecular weight excluding hydrogens is 292 g/mol. The summed E-state index contributed by atoms with van der Waals surface area (Å²) in [6, 6.07) is 14.4. The quantitative estimate of drug-likeness (QED) is 0.934. The Bertz CT molecular complexity index is 679. The van der Waals surface area contributed by atoms with Crippen LogP contribution in [0.1, 0.15) is 11.1 Å². The molecule has 1 N–H and O–H groups in total. The first-order valence-electron chi connectivity index (χ1n) is 7.47. The average Bonchev–Trinajstić information content (AvgIpc) is 2.46. The Morgan fingerprint density at radius 2 is 1.91 bits per heavy atom. The minimum absolute atomic E-state index is 0.0340. The Hall–Kier alpha value is -1.94. The lowest BCUT2D eigenvalue weighted by Gasteiger charge is -2.30. The van der Waals surface area contributed by atoms with Crippen LogP contribution >= 0.6 is 11.8 Å². The second-order valence-corrected chi connectivity index (χ2v) is 6.80. The fourth-order valence-electron chi connectivity index (χ4n) is 2.81. The van der Waals surface area contributed by atoms with Gasteiger partial charge in [0, 0.05) is 22.9 Å². The zero-order chi connectivity index (χ0) is 15.5. The van der Waals surface area contributed by atoms with Crippen molar-refractivity contribution >= 4 is 29.0 Å². The first kappa shape index (κ1) is 15.0. The molecule has 0 aliphatic carbocycles. The van der Waals surface area contributed by atoms with E-state index < -0.39 is 0 Å². The van der Waals surface area contributed by atoms with Crippen molar-refractivity contribution in [3.8, 4) is 0 Å². The molecule has 0 saturated heterocycles. The number of amides is 1. The van der Waals surface area contributed by atoms with Gasteiger partial charge in [0.25, 0.3) is 0 Å². The van der Waals surface area contributed by atoms with Crippen LogP contribution in [0, 0.1) is 13.8 Å². The topological polar surface area (TPSA) is 32.3 Å². The van der Waals surface area contributed by atoms with Crippen LogP contribution in [0.2, 0.25) is 0 Å². The summed E-state index contributed by atoms with van der Waals surface area (Å²) in [6.07, 6.45) is 0. The predicted octanol–water partition coefficient (Wildman–Crippen LogP) is 3.85. The zero-order valence-corrected chi connectivity index (χ0v) is 13.7. The summed E-state index contributed by atoms with van der Waals surface area (Å²) in [4.78, 5) is 15.8. The summed E-state index contributed by atoms with van der Waals surface area (Å²) < 4.78 is 0. The average molecular weight is 312 g/mol. The van der Waals surface area contributed by atoms with E-state index in [1.165, 1.54) is 4.90 Å². The smallest absolute Gasteiger partial charge is 0.243 e. The molecule has 1 amide bonds. The summed E-state index contributed by atoms with van der Waals surface area (Å²) in [7, 11) is 0. The van der Waals surface area contributed by atoms with Gasteiger partial charge in [-0.05, 0) is 49.2 Å². The molecule has 1 aliphatic rings. The number of benzene rings is 2. The van der Waals surface area contributed by atoms with Crippen LogP contribution in [0.25, 0.3) is 0 Å². The lowest BCUT2D eigenvalue weighted by atomic mass is 10.1. The van der Waals surface area contributed by atoms with Crippen molar-refractivity contribution < 1.29 is 4.79 Å². The number of carbonyl (C=O) groups is 1. The Labute approximate surface area is 135 Å². The number of rotatable bonds is 3. The standard InChI is InChI=1S/C18H20N2OS/c1-13-9-14(2)11-15(10-13)19-18(21)12-20-7-8-22-17-6-4-3-5-16(17)20/h3-6,9-11H,7-8,12H2,1-2H3,(H,19,21). The predicted molar refractivity (Wildman–Crippen MR) is 93.9 cm³/mol. The van der Waals surface area contributed by atoms with E-state index in [-0.39, 0.29) is 5.91 Å². The summed E-state index contributed by atoms with van der Waals surface area (Å²) >= 11 is 1.85. The third-order valence-electron chi connectivity index (χ3n) is 3.66. The first-order chi connectivity index (χ1) is 10.6. The molecule has 114 valence electrons. The number of para-hydroxylation sites is 1. The van der Waals surface area contributed by atoms with E-state index in [0.717, 1.165) is 34.8 Å². The molecule has 0 atom stereocenters. The monoisotopic (exact) mass is 312 g/mol. The molecule has 0 spiro atoms. The normalized spacial score (nSPS) is 13.6. The van der Waals surface area contributed by atoms with Gasteiger partial charge >= 0.3 is 0 Å². The van der Waals surface area contributed by atoms with E-state index >= 15 is 0 Å². The number of hydrogen-bond donors (Lipinski definition) is 1. The lowest BCUT2D eigenvalue weighted by Crippen LogP contribution is -2.36. The maximum atomic E-state index is 12.4. The van der Waals surface area contributed by atoms with Crippen LogP contribution in [-0.2, 0) is 4.79 Å². The van der Waals surface area contributed by atoms with Crippen LogP contribution in [0.15, 0.2) is 47.4 Å². The van der Waals surface area contributed by atoms with Crippen LogP contribution in [0.3, 0.4) is 0 Å². The largest absolute Gasteiger partial charge is 0.360 e. The van der Waals surface area contributed by atoms with Crippen molar-refractivity contribution in [2.45, 2.75) is 18.7 Å². The van der Waals surface area contributed by atoms with Gasteiger partial charge in [0.15, 0.2) is 0 Å². The molecule has 0 radical (unpaired) electrons. The fraction of sp³-hybridized carbons (Fsp3) is 0.278. The highest BCUT2D eigenvalue weighted by Gasteiger charge is 2.19. The molecule has 2 aromatic rings. The highest BCUT2D eigenvalue weighted by atomic mass is 32.2. The maximum Gasteiger partial charge on any atom is 0.243 e. The van der Waals surface area contributed by atoms with E-state index in [1.807, 2.05) is 49.9 Å². The Kier molecular flexibility index (Phi) is 4.39. The first-order valence-corrected chi connectivity index (χ1v) is 8.45. The zero-order valence-electron chi connectivity index (χ0n) is 12.9. The SMILES string of the molecule is Cc1cc(C)cc(NC(=O)CN2CCSc3ccccc32)c1. The van der Waals surface area contributed by atoms with Crippen molar-refractivity contribution in [1.29, 1.82) is 0 Å². The third kappa shape index (κ3) is 3.45. The van der Waals surface area contributed by atoms with E-state index in [9.17, 15) is 4.79 Å². The summed E-state index contributed by atoms with van der Waals surface area (Å²) in [6.45, 7) is 5.38. The molecule has 3 rings (SSSR count). The molecule has 1 heterocycles. The number of nitrogens with zero attached hydrogens (tertiary/aromatic N) is 1. The third-order valence-corrected chi connectivity index (χ3v) is 4.71. The van der Waals surface area contributed by atoms with Crippen molar-refractivity contribution in [3.05, 3.63) is 53.6 Å². The van der Waals surface area contributed by atoms with E-state index in [1.54, 1.807) is 0 Å². The number of nitrogens with one attached hydrogen (secondary N) is 1. The van der Waals surface area contributed by atoms with Gasteiger partial charge in [0.2, 0.25) is 5.91 Å². The molecule has 0 bridgehead atoms. The van der Waals surface area contributed by atoms with Crippen LogP contribution in [0.5, 0.6) is 0 Å². The number of aryl methyl sites for hydroxylation is 2. The molecule has 0 aromatic heterocycles. The van der Waals surface area contributed by atoms with Crippen molar-refractivity contribution in [3.63, 3.8) is 0 Å². The van der Waals surface area contributed by atoms with Gasteiger partial charge in [-0.3, -0.25) is 4.79 Å². The molecule has 0 fully saturated rings. The molecule has 2 aromatic carbocycles. The van der Waals surface area contributed by atoms with Crippen molar-refractivity contribution in [1.82, 2.24) is 0 Å². The van der Waals surface area contributed by atoms with Crippen molar-refractivity contribution in [2.24, 2.45) is 0 Å². The van der Waals surface area contributed by atoms with E-state index in [2.05, 4.69) is 28.4 Å². The number of carbonyl (C=O) groups excluding carboxylic acids is 1. The van der Waals surface area contributed by atoms with Crippen LogP contribution in [-0.4, -0.2) is 24.7 Å².